The zero-order valence-corrected chi connectivity index (χ0v) is 16.9. The second-order valence-electron chi connectivity index (χ2n) is 8.39. The first-order valence-corrected chi connectivity index (χ1v) is 10.2. The summed E-state index contributed by atoms with van der Waals surface area (Å²) in [5.41, 5.74) is 1.12. The summed E-state index contributed by atoms with van der Waals surface area (Å²) < 4.78 is 25.9. The fraction of sp³-hybridized carbons (Fsp3) is 0.478. The van der Waals surface area contributed by atoms with Crippen LogP contribution >= 0.6 is 0 Å². The van der Waals surface area contributed by atoms with E-state index in [2.05, 4.69) is 18.8 Å². The molecule has 5 nitrogen and oxygen atoms in total. The third-order valence-corrected chi connectivity index (χ3v) is 6.04. The molecule has 4 rings (SSSR count). The van der Waals surface area contributed by atoms with Gasteiger partial charge in [0.1, 0.15) is 11.4 Å². The second kappa shape index (κ2) is 8.20. The summed E-state index contributed by atoms with van der Waals surface area (Å²) in [6, 6.07) is 10.0. The van der Waals surface area contributed by atoms with Gasteiger partial charge in [0.25, 0.3) is 5.91 Å². The highest BCUT2D eigenvalue weighted by atomic mass is 19.1. The summed E-state index contributed by atoms with van der Waals surface area (Å²) in [6.45, 7) is 6.33. The van der Waals surface area contributed by atoms with E-state index in [1.807, 2.05) is 4.90 Å². The van der Waals surface area contributed by atoms with Crippen molar-refractivity contribution < 1.29 is 18.7 Å². The number of aromatic nitrogens is 1. The summed E-state index contributed by atoms with van der Waals surface area (Å²) in [7, 11) is 0. The lowest BCUT2D eigenvalue weighted by molar-refractivity contribution is -0.204. The largest absolute Gasteiger partial charge is 0.370 e. The van der Waals surface area contributed by atoms with E-state index in [4.69, 9.17) is 9.47 Å². The van der Waals surface area contributed by atoms with Crippen LogP contribution in [0.15, 0.2) is 48.8 Å². The molecule has 2 aliphatic heterocycles. The second-order valence-corrected chi connectivity index (χ2v) is 8.39. The van der Waals surface area contributed by atoms with Crippen LogP contribution in [0.3, 0.4) is 0 Å². The highest BCUT2D eigenvalue weighted by Gasteiger charge is 2.47. The Bertz CT molecular complexity index is 843. The molecule has 1 aromatic heterocycles. The Morgan fingerprint density at radius 2 is 1.93 bits per heavy atom. The maximum atomic E-state index is 13.4. The van der Waals surface area contributed by atoms with Crippen molar-refractivity contribution in [2.75, 3.05) is 26.3 Å². The SMILES string of the molecule is CC(C)[C@@H]1C[C@@]2(CO[C@H]1c1ccc(F)cc1)CN(C(=O)c1ccncc1)CCO2. The van der Waals surface area contributed by atoms with Crippen molar-refractivity contribution in [3.8, 4) is 0 Å². The molecule has 154 valence electrons. The van der Waals surface area contributed by atoms with E-state index in [0.717, 1.165) is 12.0 Å². The lowest BCUT2D eigenvalue weighted by Gasteiger charge is -2.50. The lowest BCUT2D eigenvalue weighted by atomic mass is 9.75. The molecule has 1 aromatic carbocycles. The van der Waals surface area contributed by atoms with E-state index < -0.39 is 5.60 Å². The average Bonchev–Trinajstić information content (AvgIpc) is 2.74. The van der Waals surface area contributed by atoms with Crippen molar-refractivity contribution in [1.82, 2.24) is 9.88 Å². The molecule has 0 unspecified atom stereocenters. The van der Waals surface area contributed by atoms with E-state index in [9.17, 15) is 9.18 Å². The van der Waals surface area contributed by atoms with Gasteiger partial charge in [-0.05, 0) is 48.1 Å². The van der Waals surface area contributed by atoms with Crippen LogP contribution in [-0.4, -0.2) is 47.7 Å². The third-order valence-electron chi connectivity index (χ3n) is 6.04. The van der Waals surface area contributed by atoms with Crippen molar-refractivity contribution in [3.05, 3.63) is 65.7 Å². The maximum absolute atomic E-state index is 13.4. The number of halogens is 1. The van der Waals surface area contributed by atoms with Crippen molar-refractivity contribution in [2.24, 2.45) is 11.8 Å². The first kappa shape index (κ1) is 20.0. The van der Waals surface area contributed by atoms with Gasteiger partial charge in [0.15, 0.2) is 0 Å². The standard InChI is InChI=1S/C23H27FN2O3/c1-16(2)20-13-23(15-28-21(20)17-3-5-19(24)6-4-17)14-26(11-12-29-23)22(27)18-7-9-25-10-8-18/h3-10,16,20-21H,11-15H2,1-2H3/t20-,21-,23-/m0/s1. The van der Waals surface area contributed by atoms with Gasteiger partial charge in [-0.15, -0.1) is 0 Å². The number of hydrogen-bond donors (Lipinski definition) is 0. The normalized spacial score (nSPS) is 27.4. The molecule has 3 heterocycles. The molecular weight excluding hydrogens is 371 g/mol. The first-order chi connectivity index (χ1) is 14.0. The minimum atomic E-state index is -0.508. The zero-order chi connectivity index (χ0) is 20.4. The summed E-state index contributed by atoms with van der Waals surface area (Å²) in [5, 5.41) is 0. The van der Waals surface area contributed by atoms with Gasteiger partial charge in [0, 0.05) is 24.5 Å². The number of carbonyl (C=O) groups is 1. The van der Waals surface area contributed by atoms with Crippen molar-refractivity contribution in [3.63, 3.8) is 0 Å². The van der Waals surface area contributed by atoms with Crippen molar-refractivity contribution in [2.45, 2.75) is 32.0 Å². The Hall–Kier alpha value is -2.31. The van der Waals surface area contributed by atoms with E-state index in [1.54, 1.807) is 36.7 Å². The quantitative estimate of drug-likeness (QED) is 0.788. The van der Waals surface area contributed by atoms with Crippen molar-refractivity contribution in [1.29, 1.82) is 0 Å². The highest BCUT2D eigenvalue weighted by molar-refractivity contribution is 5.94. The summed E-state index contributed by atoms with van der Waals surface area (Å²) in [5.74, 6) is 0.321. The van der Waals surface area contributed by atoms with E-state index >= 15 is 0 Å². The third kappa shape index (κ3) is 4.19. The molecule has 1 amide bonds. The molecule has 0 saturated carbocycles. The van der Waals surface area contributed by atoms with Crippen molar-refractivity contribution >= 4 is 5.91 Å². The summed E-state index contributed by atoms with van der Waals surface area (Å²) >= 11 is 0. The molecule has 2 saturated heterocycles. The maximum Gasteiger partial charge on any atom is 0.254 e. The Morgan fingerprint density at radius 3 is 2.62 bits per heavy atom. The van der Waals surface area contributed by atoms with Crippen LogP contribution in [0.1, 0.15) is 42.3 Å². The summed E-state index contributed by atoms with van der Waals surface area (Å²) in [4.78, 5) is 18.8. The number of benzene rings is 1. The molecule has 0 bridgehead atoms. The van der Waals surface area contributed by atoms with E-state index in [0.29, 0.717) is 37.8 Å². The van der Waals surface area contributed by atoms with Gasteiger partial charge in [0.2, 0.25) is 0 Å². The number of morpholine rings is 1. The van der Waals surface area contributed by atoms with Crippen LogP contribution in [0.2, 0.25) is 0 Å². The van der Waals surface area contributed by atoms with Gasteiger partial charge in [-0.1, -0.05) is 26.0 Å². The van der Waals surface area contributed by atoms with Gasteiger partial charge in [-0.2, -0.15) is 0 Å². The number of pyridine rings is 1. The van der Waals surface area contributed by atoms with Crippen LogP contribution in [0.5, 0.6) is 0 Å². The summed E-state index contributed by atoms with van der Waals surface area (Å²) in [6.07, 6.45) is 3.97. The Balaban J connectivity index is 1.52. The average molecular weight is 398 g/mol. The number of rotatable bonds is 3. The van der Waals surface area contributed by atoms with Crippen LogP contribution in [0.4, 0.5) is 4.39 Å². The number of amides is 1. The Kier molecular flexibility index (Phi) is 5.65. The predicted octanol–water partition coefficient (Wildman–Crippen LogP) is 3.87. The molecule has 6 heteroatoms. The molecule has 29 heavy (non-hydrogen) atoms. The monoisotopic (exact) mass is 398 g/mol. The number of ether oxygens (including phenoxy) is 2. The molecule has 2 aliphatic rings. The van der Waals surface area contributed by atoms with Crippen LogP contribution in [0, 0.1) is 17.7 Å². The molecule has 0 N–H and O–H groups in total. The first-order valence-electron chi connectivity index (χ1n) is 10.2. The Labute approximate surface area is 170 Å². The smallest absolute Gasteiger partial charge is 0.254 e. The molecular formula is C23H27FN2O3. The number of carbonyl (C=O) groups excluding carboxylic acids is 1. The van der Waals surface area contributed by atoms with Gasteiger partial charge >= 0.3 is 0 Å². The molecule has 3 atom stereocenters. The minimum absolute atomic E-state index is 0.00294. The fourth-order valence-electron chi connectivity index (χ4n) is 4.45. The van der Waals surface area contributed by atoms with Crippen LogP contribution in [-0.2, 0) is 9.47 Å². The van der Waals surface area contributed by atoms with Crippen LogP contribution < -0.4 is 0 Å². The Morgan fingerprint density at radius 1 is 1.21 bits per heavy atom. The molecule has 1 spiro atoms. The predicted molar refractivity (Wildman–Crippen MR) is 107 cm³/mol. The fourth-order valence-corrected chi connectivity index (χ4v) is 4.45. The molecule has 0 aliphatic carbocycles. The molecule has 2 aromatic rings. The highest BCUT2D eigenvalue weighted by Crippen LogP contribution is 2.44. The zero-order valence-electron chi connectivity index (χ0n) is 16.9. The number of nitrogens with zero attached hydrogens (tertiary/aromatic N) is 2. The van der Waals surface area contributed by atoms with E-state index in [1.165, 1.54) is 12.1 Å². The number of hydrogen-bond acceptors (Lipinski definition) is 4. The molecule has 0 radical (unpaired) electrons. The van der Waals surface area contributed by atoms with Gasteiger partial charge in [-0.25, -0.2) is 4.39 Å². The van der Waals surface area contributed by atoms with Gasteiger partial charge < -0.3 is 14.4 Å². The van der Waals surface area contributed by atoms with Gasteiger partial charge in [0.05, 0.1) is 25.9 Å². The van der Waals surface area contributed by atoms with Gasteiger partial charge in [-0.3, -0.25) is 9.78 Å². The van der Waals surface area contributed by atoms with Crippen LogP contribution in [0.25, 0.3) is 0 Å². The topological polar surface area (TPSA) is 51.7 Å². The molecule has 2 fully saturated rings. The van der Waals surface area contributed by atoms with E-state index in [-0.39, 0.29) is 23.7 Å². The lowest BCUT2D eigenvalue weighted by Crippen LogP contribution is -2.59. The minimum Gasteiger partial charge on any atom is -0.370 e.